The molecule has 0 aliphatic heterocycles. The third-order valence-electron chi connectivity index (χ3n) is 3.87. The summed E-state index contributed by atoms with van der Waals surface area (Å²) in [5, 5.41) is 6.48. The second kappa shape index (κ2) is 8.85. The standard InChI is InChI=1S/C21H22N4O3/c1-4-28-21(26)15-5-7-16(8-6-15)24-19-13-20(23-14(2)22-19)25-17-9-11-18(27-3)12-10-17/h5-13H,4H2,1-3H3,(H2,22,23,24,25). The van der Waals surface area contributed by atoms with Crippen LogP contribution in [0.25, 0.3) is 0 Å². The Morgan fingerprint density at radius 2 is 1.46 bits per heavy atom. The Kier molecular flexibility index (Phi) is 6.06. The monoisotopic (exact) mass is 378 g/mol. The fourth-order valence-corrected chi connectivity index (χ4v) is 2.57. The van der Waals surface area contributed by atoms with Crippen molar-refractivity contribution >= 4 is 29.0 Å². The van der Waals surface area contributed by atoms with Gasteiger partial charge in [-0.2, -0.15) is 0 Å². The van der Waals surface area contributed by atoms with E-state index in [4.69, 9.17) is 9.47 Å². The Balaban J connectivity index is 1.73. The summed E-state index contributed by atoms with van der Waals surface area (Å²) in [7, 11) is 1.63. The van der Waals surface area contributed by atoms with Crippen molar-refractivity contribution in [1.29, 1.82) is 0 Å². The number of hydrogen-bond donors (Lipinski definition) is 2. The van der Waals surface area contributed by atoms with Crippen LogP contribution in [-0.2, 0) is 4.74 Å². The summed E-state index contributed by atoms with van der Waals surface area (Å²) in [5.74, 6) is 2.40. The highest BCUT2D eigenvalue weighted by atomic mass is 16.5. The van der Waals surface area contributed by atoms with Crippen molar-refractivity contribution in [3.05, 3.63) is 66.0 Å². The van der Waals surface area contributed by atoms with Gasteiger partial charge in [-0.1, -0.05) is 0 Å². The van der Waals surface area contributed by atoms with Gasteiger partial charge in [-0.25, -0.2) is 14.8 Å². The van der Waals surface area contributed by atoms with Gasteiger partial charge in [0.15, 0.2) is 0 Å². The van der Waals surface area contributed by atoms with Gasteiger partial charge >= 0.3 is 5.97 Å². The van der Waals surface area contributed by atoms with E-state index in [-0.39, 0.29) is 5.97 Å². The van der Waals surface area contributed by atoms with E-state index in [0.29, 0.717) is 29.6 Å². The van der Waals surface area contributed by atoms with E-state index >= 15 is 0 Å². The molecule has 2 aromatic carbocycles. The Hall–Kier alpha value is -3.61. The lowest BCUT2D eigenvalue weighted by Crippen LogP contribution is -2.05. The van der Waals surface area contributed by atoms with E-state index in [1.54, 1.807) is 38.3 Å². The zero-order valence-electron chi connectivity index (χ0n) is 16.0. The van der Waals surface area contributed by atoms with Crippen LogP contribution in [-0.4, -0.2) is 29.7 Å². The summed E-state index contributed by atoms with van der Waals surface area (Å²) in [6.07, 6.45) is 0. The molecule has 0 spiro atoms. The predicted molar refractivity (Wildman–Crippen MR) is 109 cm³/mol. The van der Waals surface area contributed by atoms with E-state index in [2.05, 4.69) is 20.6 Å². The van der Waals surface area contributed by atoms with Gasteiger partial charge in [0, 0.05) is 17.4 Å². The number of nitrogens with one attached hydrogen (secondary N) is 2. The van der Waals surface area contributed by atoms with Crippen molar-refractivity contribution in [3.63, 3.8) is 0 Å². The van der Waals surface area contributed by atoms with Crippen LogP contribution >= 0.6 is 0 Å². The normalized spacial score (nSPS) is 10.2. The molecular weight excluding hydrogens is 356 g/mol. The lowest BCUT2D eigenvalue weighted by Gasteiger charge is -2.11. The molecule has 0 saturated carbocycles. The van der Waals surface area contributed by atoms with Gasteiger partial charge in [0.1, 0.15) is 23.2 Å². The van der Waals surface area contributed by atoms with E-state index in [9.17, 15) is 4.79 Å². The molecule has 0 bridgehead atoms. The fourth-order valence-electron chi connectivity index (χ4n) is 2.57. The molecule has 0 radical (unpaired) electrons. The van der Waals surface area contributed by atoms with Crippen molar-refractivity contribution in [2.24, 2.45) is 0 Å². The summed E-state index contributed by atoms with van der Waals surface area (Å²) in [6.45, 7) is 3.96. The minimum Gasteiger partial charge on any atom is -0.497 e. The molecule has 3 aromatic rings. The minimum absolute atomic E-state index is 0.335. The highest BCUT2D eigenvalue weighted by molar-refractivity contribution is 5.89. The maximum absolute atomic E-state index is 11.7. The van der Waals surface area contributed by atoms with Crippen molar-refractivity contribution in [3.8, 4) is 5.75 Å². The number of hydrogen-bond acceptors (Lipinski definition) is 7. The maximum Gasteiger partial charge on any atom is 0.338 e. The second-order valence-electron chi connectivity index (χ2n) is 5.96. The average molecular weight is 378 g/mol. The quantitative estimate of drug-likeness (QED) is 0.587. The van der Waals surface area contributed by atoms with Gasteiger partial charge < -0.3 is 20.1 Å². The van der Waals surface area contributed by atoms with E-state index < -0.39 is 0 Å². The summed E-state index contributed by atoms with van der Waals surface area (Å²) >= 11 is 0. The first kappa shape index (κ1) is 19.2. The molecule has 0 amide bonds. The summed E-state index contributed by atoms with van der Waals surface area (Å²) < 4.78 is 10.2. The average Bonchev–Trinajstić information content (AvgIpc) is 2.69. The first-order chi connectivity index (χ1) is 13.6. The molecule has 0 unspecified atom stereocenters. The molecule has 3 rings (SSSR count). The number of aromatic nitrogens is 2. The fraction of sp³-hybridized carbons (Fsp3) is 0.190. The first-order valence-corrected chi connectivity index (χ1v) is 8.88. The highest BCUT2D eigenvalue weighted by Crippen LogP contribution is 2.22. The lowest BCUT2D eigenvalue weighted by molar-refractivity contribution is 0.0526. The molecule has 0 atom stereocenters. The second-order valence-corrected chi connectivity index (χ2v) is 5.96. The molecule has 144 valence electrons. The summed E-state index contributed by atoms with van der Waals surface area (Å²) in [6, 6.07) is 16.4. The van der Waals surface area contributed by atoms with E-state index in [1.807, 2.05) is 37.3 Å². The van der Waals surface area contributed by atoms with Crippen molar-refractivity contribution in [1.82, 2.24) is 9.97 Å². The van der Waals surface area contributed by atoms with Crippen molar-refractivity contribution < 1.29 is 14.3 Å². The van der Waals surface area contributed by atoms with Crippen LogP contribution in [0.3, 0.4) is 0 Å². The van der Waals surface area contributed by atoms with Gasteiger partial charge in [0.2, 0.25) is 0 Å². The van der Waals surface area contributed by atoms with Crippen LogP contribution in [0.15, 0.2) is 54.6 Å². The lowest BCUT2D eigenvalue weighted by atomic mass is 10.2. The molecule has 0 saturated heterocycles. The van der Waals surface area contributed by atoms with Crippen LogP contribution in [0, 0.1) is 6.92 Å². The number of nitrogens with zero attached hydrogens (tertiary/aromatic N) is 2. The summed E-state index contributed by atoms with van der Waals surface area (Å²) in [5.41, 5.74) is 2.21. The van der Waals surface area contributed by atoms with Crippen LogP contribution in [0.4, 0.5) is 23.0 Å². The zero-order valence-corrected chi connectivity index (χ0v) is 16.0. The number of carbonyl (C=O) groups is 1. The van der Waals surface area contributed by atoms with Crippen LogP contribution in [0.2, 0.25) is 0 Å². The zero-order chi connectivity index (χ0) is 19.9. The highest BCUT2D eigenvalue weighted by Gasteiger charge is 2.07. The third kappa shape index (κ3) is 4.97. The molecule has 2 N–H and O–H groups in total. The van der Waals surface area contributed by atoms with Crippen molar-refractivity contribution in [2.75, 3.05) is 24.4 Å². The number of esters is 1. The third-order valence-corrected chi connectivity index (χ3v) is 3.87. The smallest absolute Gasteiger partial charge is 0.338 e. The van der Waals surface area contributed by atoms with Crippen LogP contribution < -0.4 is 15.4 Å². The number of ether oxygens (including phenoxy) is 2. The Morgan fingerprint density at radius 1 is 0.929 bits per heavy atom. The molecule has 0 fully saturated rings. The number of carbonyl (C=O) groups excluding carboxylic acids is 1. The Morgan fingerprint density at radius 3 is 1.96 bits per heavy atom. The largest absolute Gasteiger partial charge is 0.497 e. The van der Waals surface area contributed by atoms with Crippen molar-refractivity contribution in [2.45, 2.75) is 13.8 Å². The topological polar surface area (TPSA) is 85.4 Å². The van der Waals surface area contributed by atoms with Gasteiger partial charge in [0.05, 0.1) is 19.3 Å². The predicted octanol–water partition coefficient (Wildman–Crippen LogP) is 4.46. The summed E-state index contributed by atoms with van der Waals surface area (Å²) in [4.78, 5) is 20.6. The molecule has 1 aromatic heterocycles. The number of aryl methyl sites for hydroxylation is 1. The van der Waals surface area contributed by atoms with E-state index in [1.165, 1.54) is 0 Å². The molecule has 1 heterocycles. The van der Waals surface area contributed by atoms with Gasteiger partial charge in [-0.05, 0) is 62.4 Å². The molecule has 7 nitrogen and oxygen atoms in total. The van der Waals surface area contributed by atoms with Gasteiger partial charge in [-0.3, -0.25) is 0 Å². The molecule has 0 aliphatic carbocycles. The first-order valence-electron chi connectivity index (χ1n) is 8.88. The van der Waals surface area contributed by atoms with Gasteiger partial charge in [-0.15, -0.1) is 0 Å². The van der Waals surface area contributed by atoms with Crippen LogP contribution in [0.5, 0.6) is 5.75 Å². The maximum atomic E-state index is 11.7. The number of methoxy groups -OCH3 is 1. The number of anilines is 4. The van der Waals surface area contributed by atoms with E-state index in [0.717, 1.165) is 17.1 Å². The molecular formula is C21H22N4O3. The number of rotatable bonds is 7. The molecule has 7 heteroatoms. The minimum atomic E-state index is -0.335. The Bertz CT molecular complexity index is 941. The molecule has 28 heavy (non-hydrogen) atoms. The van der Waals surface area contributed by atoms with Gasteiger partial charge in [0.25, 0.3) is 0 Å². The Labute approximate surface area is 163 Å². The molecule has 0 aliphatic rings. The SMILES string of the molecule is CCOC(=O)c1ccc(Nc2cc(Nc3ccc(OC)cc3)nc(C)n2)cc1. The number of benzene rings is 2. The van der Waals surface area contributed by atoms with Crippen LogP contribution in [0.1, 0.15) is 23.1 Å².